The average Bonchev–Trinajstić information content (AvgIpc) is 2.18. The first-order chi connectivity index (χ1) is 7.18. The Morgan fingerprint density at radius 1 is 1.33 bits per heavy atom. The zero-order chi connectivity index (χ0) is 10.7. The van der Waals surface area contributed by atoms with Crippen molar-refractivity contribution in [2.45, 2.75) is 38.1 Å². The largest absolute Gasteiger partial charge is 0.351 e. The zero-order valence-electron chi connectivity index (χ0n) is 9.12. The van der Waals surface area contributed by atoms with E-state index in [1.54, 1.807) is 0 Å². The molecule has 0 aromatic heterocycles. The van der Waals surface area contributed by atoms with Gasteiger partial charge in [0.25, 0.3) is 0 Å². The molecule has 1 aliphatic heterocycles. The summed E-state index contributed by atoms with van der Waals surface area (Å²) in [4.78, 5) is 11.4. The molecule has 0 saturated carbocycles. The van der Waals surface area contributed by atoms with Crippen LogP contribution in [0.1, 0.15) is 31.7 Å². The summed E-state index contributed by atoms with van der Waals surface area (Å²) in [7, 11) is 0. The fourth-order valence-corrected chi connectivity index (χ4v) is 2.28. The highest BCUT2D eigenvalue weighted by atomic mass is 16.1. The Morgan fingerprint density at radius 2 is 2.07 bits per heavy atom. The van der Waals surface area contributed by atoms with E-state index >= 15 is 0 Å². The highest BCUT2D eigenvalue weighted by Crippen LogP contribution is 2.23. The van der Waals surface area contributed by atoms with Crippen LogP contribution in [0, 0.1) is 0 Å². The summed E-state index contributed by atoms with van der Waals surface area (Å²) in [6.45, 7) is 2.14. The summed E-state index contributed by atoms with van der Waals surface area (Å²) in [5.74, 6) is 0.194. The van der Waals surface area contributed by atoms with Gasteiger partial charge >= 0.3 is 0 Å². The highest BCUT2D eigenvalue weighted by Gasteiger charge is 2.29. The number of piperidine rings is 1. The molecule has 2 nitrogen and oxygen atoms in total. The fourth-order valence-electron chi connectivity index (χ4n) is 2.28. The van der Waals surface area contributed by atoms with E-state index in [1.807, 2.05) is 18.2 Å². The highest BCUT2D eigenvalue weighted by molar-refractivity contribution is 5.77. The molecule has 0 unspecified atom stereocenters. The Bertz CT molecular complexity index is 347. The second-order valence-electron chi connectivity index (χ2n) is 4.62. The molecule has 2 heteroatoms. The Labute approximate surface area is 90.7 Å². The summed E-state index contributed by atoms with van der Waals surface area (Å²) in [5, 5.41) is 3.10. The summed E-state index contributed by atoms with van der Waals surface area (Å²) in [6.07, 6.45) is 3.70. The van der Waals surface area contributed by atoms with Gasteiger partial charge in [0.2, 0.25) is 5.91 Å². The summed E-state index contributed by atoms with van der Waals surface area (Å²) in [5.41, 5.74) is 1.25. The molecule has 1 fully saturated rings. The lowest BCUT2D eigenvalue weighted by Crippen LogP contribution is -2.50. The van der Waals surface area contributed by atoms with Crippen molar-refractivity contribution in [3.8, 4) is 0 Å². The Balaban J connectivity index is 2.07. The van der Waals surface area contributed by atoms with Gasteiger partial charge in [-0.1, -0.05) is 30.3 Å². The van der Waals surface area contributed by atoms with E-state index in [0.29, 0.717) is 6.42 Å². The summed E-state index contributed by atoms with van der Waals surface area (Å²) in [6, 6.07) is 10.3. The maximum Gasteiger partial charge on any atom is 0.220 e. The number of rotatable bonds is 2. The fraction of sp³-hybridized carbons (Fsp3) is 0.462. The first-order valence-electron chi connectivity index (χ1n) is 5.53. The predicted molar refractivity (Wildman–Crippen MR) is 60.5 cm³/mol. The maximum atomic E-state index is 11.4. The lowest BCUT2D eigenvalue weighted by molar-refractivity contribution is -0.124. The molecular weight excluding hydrogens is 186 g/mol. The third-order valence-electron chi connectivity index (χ3n) is 3.01. The quantitative estimate of drug-likeness (QED) is 0.785. The second kappa shape index (κ2) is 4.05. The molecule has 1 N–H and O–H groups in total. The smallest absolute Gasteiger partial charge is 0.220 e. The van der Waals surface area contributed by atoms with Crippen LogP contribution in [-0.4, -0.2) is 11.4 Å². The van der Waals surface area contributed by atoms with E-state index in [2.05, 4.69) is 24.4 Å². The number of nitrogens with one attached hydrogen (secondary N) is 1. The Hall–Kier alpha value is -1.31. The number of benzene rings is 1. The van der Waals surface area contributed by atoms with E-state index in [4.69, 9.17) is 0 Å². The zero-order valence-corrected chi connectivity index (χ0v) is 9.12. The molecule has 0 radical (unpaired) electrons. The lowest BCUT2D eigenvalue weighted by atomic mass is 9.85. The third-order valence-corrected chi connectivity index (χ3v) is 3.01. The minimum atomic E-state index is -0.0450. The maximum absolute atomic E-state index is 11.4. The molecule has 1 heterocycles. The molecule has 1 saturated heterocycles. The topological polar surface area (TPSA) is 29.1 Å². The van der Waals surface area contributed by atoms with E-state index in [9.17, 15) is 4.79 Å². The van der Waals surface area contributed by atoms with Gasteiger partial charge < -0.3 is 5.32 Å². The van der Waals surface area contributed by atoms with Crippen LogP contribution in [0.2, 0.25) is 0 Å². The van der Waals surface area contributed by atoms with Crippen molar-refractivity contribution >= 4 is 5.91 Å². The molecule has 1 amide bonds. The molecule has 1 aromatic carbocycles. The monoisotopic (exact) mass is 203 g/mol. The van der Waals surface area contributed by atoms with E-state index in [-0.39, 0.29) is 11.4 Å². The van der Waals surface area contributed by atoms with Crippen molar-refractivity contribution in [3.63, 3.8) is 0 Å². The van der Waals surface area contributed by atoms with Crippen molar-refractivity contribution in [2.75, 3.05) is 0 Å². The van der Waals surface area contributed by atoms with Gasteiger partial charge in [-0.05, 0) is 31.7 Å². The number of hydrogen-bond donors (Lipinski definition) is 1. The van der Waals surface area contributed by atoms with Crippen LogP contribution >= 0.6 is 0 Å². The number of carbonyl (C=O) groups is 1. The van der Waals surface area contributed by atoms with Gasteiger partial charge in [-0.2, -0.15) is 0 Å². The molecule has 0 aliphatic carbocycles. The molecule has 1 aliphatic rings. The Morgan fingerprint density at radius 3 is 2.73 bits per heavy atom. The average molecular weight is 203 g/mol. The molecule has 1 atom stereocenters. The summed E-state index contributed by atoms with van der Waals surface area (Å²) >= 11 is 0. The molecule has 15 heavy (non-hydrogen) atoms. The van der Waals surface area contributed by atoms with E-state index in [0.717, 1.165) is 19.3 Å². The molecular formula is C13H17NO. The molecule has 80 valence electrons. The number of amides is 1. The van der Waals surface area contributed by atoms with Crippen LogP contribution in [0.25, 0.3) is 0 Å². The standard InChI is InChI=1S/C13H17NO/c1-13(9-5-8-12(15)14-13)10-11-6-3-2-4-7-11/h2-4,6-7H,5,8-10H2,1H3,(H,14,15)/t13-/m0/s1. The van der Waals surface area contributed by atoms with Crippen molar-refractivity contribution in [2.24, 2.45) is 0 Å². The van der Waals surface area contributed by atoms with Crippen LogP contribution < -0.4 is 5.32 Å². The van der Waals surface area contributed by atoms with Crippen molar-refractivity contribution in [3.05, 3.63) is 35.9 Å². The van der Waals surface area contributed by atoms with Gasteiger partial charge in [0.05, 0.1) is 0 Å². The third kappa shape index (κ3) is 2.58. The van der Waals surface area contributed by atoms with Crippen molar-refractivity contribution < 1.29 is 4.79 Å². The molecule has 1 aromatic rings. The number of carbonyl (C=O) groups excluding carboxylic acids is 1. The molecule has 2 rings (SSSR count). The predicted octanol–water partition coefficient (Wildman–Crippen LogP) is 2.29. The first kappa shape index (κ1) is 10.2. The lowest BCUT2D eigenvalue weighted by Gasteiger charge is -2.34. The Kier molecular flexibility index (Phi) is 2.76. The molecule has 0 spiro atoms. The number of hydrogen-bond acceptors (Lipinski definition) is 1. The van der Waals surface area contributed by atoms with Crippen LogP contribution in [0.5, 0.6) is 0 Å². The van der Waals surface area contributed by atoms with Gasteiger partial charge in [-0.25, -0.2) is 0 Å². The minimum absolute atomic E-state index is 0.0450. The normalized spacial score (nSPS) is 26.1. The SMILES string of the molecule is C[C@@]1(Cc2ccccc2)CCCC(=O)N1. The molecule has 0 bridgehead atoms. The van der Waals surface area contributed by atoms with Gasteiger partial charge in [0.15, 0.2) is 0 Å². The van der Waals surface area contributed by atoms with Gasteiger partial charge in [-0.15, -0.1) is 0 Å². The van der Waals surface area contributed by atoms with Crippen LogP contribution in [0.3, 0.4) is 0 Å². The second-order valence-corrected chi connectivity index (χ2v) is 4.62. The minimum Gasteiger partial charge on any atom is -0.351 e. The van der Waals surface area contributed by atoms with Crippen LogP contribution in [0.4, 0.5) is 0 Å². The van der Waals surface area contributed by atoms with Gasteiger partial charge in [0, 0.05) is 12.0 Å². The van der Waals surface area contributed by atoms with Crippen LogP contribution in [-0.2, 0) is 11.2 Å². The van der Waals surface area contributed by atoms with Crippen molar-refractivity contribution in [1.29, 1.82) is 0 Å². The van der Waals surface area contributed by atoms with Crippen molar-refractivity contribution in [1.82, 2.24) is 5.32 Å². The van der Waals surface area contributed by atoms with Gasteiger partial charge in [-0.3, -0.25) is 4.79 Å². The van der Waals surface area contributed by atoms with Gasteiger partial charge in [0.1, 0.15) is 0 Å². The van der Waals surface area contributed by atoms with E-state index < -0.39 is 0 Å². The van der Waals surface area contributed by atoms with E-state index in [1.165, 1.54) is 5.56 Å². The first-order valence-corrected chi connectivity index (χ1v) is 5.53. The summed E-state index contributed by atoms with van der Waals surface area (Å²) < 4.78 is 0. The van der Waals surface area contributed by atoms with Crippen LogP contribution in [0.15, 0.2) is 30.3 Å².